The zero-order chi connectivity index (χ0) is 13.2. The Morgan fingerprint density at radius 3 is 2.17 bits per heavy atom. The minimum Gasteiger partial charge on any atom is -0.384 e. The molecule has 5 nitrogen and oxygen atoms in total. The number of aromatic nitrogens is 1. The molecule has 0 saturated carbocycles. The van der Waals surface area contributed by atoms with E-state index in [2.05, 4.69) is 10.3 Å². The fourth-order valence-electron chi connectivity index (χ4n) is 1.43. The fraction of sp³-hybridized carbons (Fsp3) is 0.0833. The summed E-state index contributed by atoms with van der Waals surface area (Å²) >= 11 is 0. The van der Waals surface area contributed by atoms with E-state index in [1.54, 1.807) is 42.6 Å². The van der Waals surface area contributed by atoms with E-state index >= 15 is 0 Å². The number of nitrogens with zero attached hydrogens (tertiary/aromatic N) is 1. The number of anilines is 3. The number of nitrogens with two attached hydrogens (primary N) is 1. The molecule has 2 rings (SSSR count). The van der Waals surface area contributed by atoms with Gasteiger partial charge in [0.25, 0.3) is 0 Å². The summed E-state index contributed by atoms with van der Waals surface area (Å²) in [6.45, 7) is 0. The molecular weight excluding hydrogens is 250 g/mol. The van der Waals surface area contributed by atoms with Crippen LogP contribution in [-0.4, -0.2) is 19.7 Å². The molecule has 0 aliphatic rings. The first-order chi connectivity index (χ1) is 8.45. The van der Waals surface area contributed by atoms with Crippen LogP contribution in [0.4, 0.5) is 17.2 Å². The lowest BCUT2D eigenvalue weighted by molar-refractivity contribution is 0.602. The topological polar surface area (TPSA) is 85.1 Å². The summed E-state index contributed by atoms with van der Waals surface area (Å²) < 4.78 is 22.6. The molecule has 0 radical (unpaired) electrons. The lowest BCUT2D eigenvalue weighted by atomic mass is 10.3. The van der Waals surface area contributed by atoms with Crippen LogP contribution in [0.2, 0.25) is 0 Å². The second kappa shape index (κ2) is 4.66. The van der Waals surface area contributed by atoms with Crippen molar-refractivity contribution in [2.75, 3.05) is 17.3 Å². The van der Waals surface area contributed by atoms with Gasteiger partial charge in [0.05, 0.1) is 16.8 Å². The molecule has 0 fully saturated rings. The summed E-state index contributed by atoms with van der Waals surface area (Å²) in [4.78, 5) is 4.25. The first-order valence-electron chi connectivity index (χ1n) is 5.24. The minimum atomic E-state index is -3.15. The van der Waals surface area contributed by atoms with E-state index in [1.165, 1.54) is 6.26 Å². The van der Waals surface area contributed by atoms with Gasteiger partial charge in [-0.3, -0.25) is 0 Å². The van der Waals surface area contributed by atoms with Crippen LogP contribution in [-0.2, 0) is 9.84 Å². The maximum Gasteiger partial charge on any atom is 0.175 e. The number of benzene rings is 1. The van der Waals surface area contributed by atoms with Crippen molar-refractivity contribution in [3.05, 3.63) is 42.6 Å². The highest BCUT2D eigenvalue weighted by atomic mass is 32.2. The lowest BCUT2D eigenvalue weighted by Crippen LogP contribution is -1.97. The number of pyridine rings is 1. The molecule has 94 valence electrons. The molecule has 3 N–H and O–H groups in total. The lowest BCUT2D eigenvalue weighted by Gasteiger charge is -2.06. The van der Waals surface area contributed by atoms with E-state index < -0.39 is 9.84 Å². The predicted molar refractivity (Wildman–Crippen MR) is 71.5 cm³/mol. The molecule has 0 spiro atoms. The fourth-order valence-corrected chi connectivity index (χ4v) is 2.06. The van der Waals surface area contributed by atoms with Gasteiger partial charge in [0.1, 0.15) is 5.82 Å². The van der Waals surface area contributed by atoms with Gasteiger partial charge in [0.15, 0.2) is 9.84 Å². The van der Waals surface area contributed by atoms with Crippen molar-refractivity contribution in [2.45, 2.75) is 4.90 Å². The second-order valence-corrected chi connectivity index (χ2v) is 5.91. The largest absolute Gasteiger partial charge is 0.384 e. The van der Waals surface area contributed by atoms with Crippen molar-refractivity contribution < 1.29 is 8.42 Å². The zero-order valence-electron chi connectivity index (χ0n) is 9.79. The molecule has 1 heterocycles. The number of nitrogens with one attached hydrogen (secondary N) is 1. The standard InChI is InChI=1S/C12H13N3O2S/c1-18(16,17)11-5-2-9(3-6-11)15-10-4-7-12(13)14-8-10/h2-8,15H,1H3,(H2,13,14). The maximum atomic E-state index is 11.3. The Bertz CT molecular complexity index is 634. The second-order valence-electron chi connectivity index (χ2n) is 3.89. The maximum absolute atomic E-state index is 11.3. The van der Waals surface area contributed by atoms with Crippen LogP contribution in [0.1, 0.15) is 0 Å². The molecule has 1 aromatic heterocycles. The smallest absolute Gasteiger partial charge is 0.175 e. The molecule has 0 aliphatic carbocycles. The molecule has 0 aliphatic heterocycles. The molecule has 0 saturated heterocycles. The first-order valence-corrected chi connectivity index (χ1v) is 7.13. The normalized spacial score (nSPS) is 11.2. The molecule has 1 aromatic carbocycles. The van der Waals surface area contributed by atoms with Crippen LogP contribution in [0.3, 0.4) is 0 Å². The van der Waals surface area contributed by atoms with Crippen LogP contribution in [0.15, 0.2) is 47.5 Å². The van der Waals surface area contributed by atoms with Gasteiger partial charge in [0, 0.05) is 11.9 Å². The van der Waals surface area contributed by atoms with Gasteiger partial charge in [-0.2, -0.15) is 0 Å². The summed E-state index contributed by atoms with van der Waals surface area (Å²) in [5, 5.41) is 3.10. The Kier molecular flexibility index (Phi) is 3.20. The van der Waals surface area contributed by atoms with Crippen LogP contribution in [0.25, 0.3) is 0 Å². The van der Waals surface area contributed by atoms with Gasteiger partial charge in [0.2, 0.25) is 0 Å². The number of nitrogen functional groups attached to an aromatic ring is 1. The van der Waals surface area contributed by atoms with E-state index in [4.69, 9.17) is 5.73 Å². The molecule has 0 atom stereocenters. The molecular formula is C12H13N3O2S. The summed E-state index contributed by atoms with van der Waals surface area (Å²) in [6, 6.07) is 10.0. The summed E-state index contributed by atoms with van der Waals surface area (Å²) in [6.07, 6.45) is 2.79. The van der Waals surface area contributed by atoms with E-state index in [0.717, 1.165) is 11.4 Å². The Morgan fingerprint density at radius 2 is 1.67 bits per heavy atom. The molecule has 6 heteroatoms. The number of rotatable bonds is 3. The Morgan fingerprint density at radius 1 is 1.06 bits per heavy atom. The van der Waals surface area contributed by atoms with Crippen molar-refractivity contribution in [2.24, 2.45) is 0 Å². The predicted octanol–water partition coefficient (Wildman–Crippen LogP) is 1.81. The number of hydrogen-bond donors (Lipinski definition) is 2. The summed E-state index contributed by atoms with van der Waals surface area (Å²) in [7, 11) is -3.15. The van der Waals surface area contributed by atoms with Crippen molar-refractivity contribution in [1.29, 1.82) is 0 Å². The summed E-state index contributed by atoms with van der Waals surface area (Å²) in [5.74, 6) is 0.452. The average molecular weight is 263 g/mol. The Labute approximate surface area is 106 Å². The summed E-state index contributed by atoms with van der Waals surface area (Å²) in [5.41, 5.74) is 7.06. The van der Waals surface area contributed by atoms with Crippen molar-refractivity contribution in [1.82, 2.24) is 4.98 Å². The quantitative estimate of drug-likeness (QED) is 0.882. The third-order valence-electron chi connectivity index (χ3n) is 2.36. The van der Waals surface area contributed by atoms with Crippen LogP contribution >= 0.6 is 0 Å². The van der Waals surface area contributed by atoms with Gasteiger partial charge >= 0.3 is 0 Å². The monoisotopic (exact) mass is 263 g/mol. The van der Waals surface area contributed by atoms with E-state index in [1.807, 2.05) is 0 Å². The molecule has 0 unspecified atom stereocenters. The van der Waals surface area contributed by atoms with Crippen molar-refractivity contribution in [3.8, 4) is 0 Å². The Hall–Kier alpha value is -2.08. The van der Waals surface area contributed by atoms with Crippen molar-refractivity contribution >= 4 is 27.0 Å². The third kappa shape index (κ3) is 2.98. The zero-order valence-corrected chi connectivity index (χ0v) is 10.6. The van der Waals surface area contributed by atoms with Crippen LogP contribution < -0.4 is 11.1 Å². The van der Waals surface area contributed by atoms with Crippen LogP contribution in [0.5, 0.6) is 0 Å². The number of hydrogen-bond acceptors (Lipinski definition) is 5. The van der Waals surface area contributed by atoms with Gasteiger partial charge in [-0.25, -0.2) is 13.4 Å². The van der Waals surface area contributed by atoms with Crippen LogP contribution in [0, 0.1) is 0 Å². The average Bonchev–Trinajstić information content (AvgIpc) is 2.32. The molecule has 0 amide bonds. The SMILES string of the molecule is CS(=O)(=O)c1ccc(Nc2ccc(N)nc2)cc1. The van der Waals surface area contributed by atoms with Gasteiger partial charge in [-0.15, -0.1) is 0 Å². The highest BCUT2D eigenvalue weighted by molar-refractivity contribution is 7.90. The molecule has 2 aromatic rings. The van der Waals surface area contributed by atoms with Gasteiger partial charge < -0.3 is 11.1 Å². The molecule has 18 heavy (non-hydrogen) atoms. The van der Waals surface area contributed by atoms with Gasteiger partial charge in [-0.1, -0.05) is 0 Å². The van der Waals surface area contributed by atoms with Crippen molar-refractivity contribution in [3.63, 3.8) is 0 Å². The highest BCUT2D eigenvalue weighted by Gasteiger charge is 2.05. The highest BCUT2D eigenvalue weighted by Crippen LogP contribution is 2.18. The van der Waals surface area contributed by atoms with E-state index in [9.17, 15) is 8.42 Å². The third-order valence-corrected chi connectivity index (χ3v) is 3.49. The number of sulfone groups is 1. The van der Waals surface area contributed by atoms with E-state index in [-0.39, 0.29) is 0 Å². The molecule has 0 bridgehead atoms. The van der Waals surface area contributed by atoms with E-state index in [0.29, 0.717) is 10.7 Å². The first kappa shape index (κ1) is 12.4. The Balaban J connectivity index is 2.18. The minimum absolute atomic E-state index is 0.295. The van der Waals surface area contributed by atoms with Gasteiger partial charge in [-0.05, 0) is 36.4 Å².